The smallest absolute Gasteiger partial charge is 0.287 e. The van der Waals surface area contributed by atoms with E-state index in [1.54, 1.807) is 0 Å². The van der Waals surface area contributed by atoms with Crippen molar-refractivity contribution in [3.63, 3.8) is 0 Å². The van der Waals surface area contributed by atoms with E-state index < -0.39 is 20.4 Å². The molecule has 0 aliphatic rings. The van der Waals surface area contributed by atoms with Gasteiger partial charge in [-0.1, -0.05) is 11.6 Å². The van der Waals surface area contributed by atoms with Crippen LogP contribution in [0.1, 0.15) is 0 Å². The van der Waals surface area contributed by atoms with E-state index in [-0.39, 0.29) is 15.9 Å². The molecule has 8 heteroatoms. The van der Waals surface area contributed by atoms with Gasteiger partial charge < -0.3 is 0 Å². The van der Waals surface area contributed by atoms with Gasteiger partial charge in [-0.2, -0.15) is 13.5 Å². The maximum atomic E-state index is 11.4. The van der Waals surface area contributed by atoms with E-state index in [0.717, 1.165) is 12.3 Å². The van der Waals surface area contributed by atoms with Gasteiger partial charge in [-0.25, -0.2) is 0 Å². The van der Waals surface area contributed by atoms with E-state index in [1.165, 1.54) is 6.07 Å². The Bertz CT molecular complexity index is 722. The van der Waals surface area contributed by atoms with Crippen molar-refractivity contribution < 1.29 is 13.0 Å². The Kier molecular flexibility index (Phi) is 2.45. The first kappa shape index (κ1) is 11.1. The zero-order valence-corrected chi connectivity index (χ0v) is 9.21. The molecule has 0 spiro atoms. The molecule has 0 radical (unpaired) electrons. The molecule has 0 aliphatic heterocycles. The molecule has 0 saturated carbocycles. The van der Waals surface area contributed by atoms with Crippen molar-refractivity contribution in [2.75, 3.05) is 0 Å². The van der Waals surface area contributed by atoms with Crippen molar-refractivity contribution in [2.45, 2.75) is 4.90 Å². The monoisotopic (exact) mass is 260 g/mol. The lowest BCUT2D eigenvalue weighted by molar-refractivity contribution is 0.484. The highest BCUT2D eigenvalue weighted by Gasteiger charge is 2.17. The molecule has 1 aromatic carbocycles. The largest absolute Gasteiger partial charge is 0.296 e. The first-order valence-electron chi connectivity index (χ1n) is 4.04. The summed E-state index contributed by atoms with van der Waals surface area (Å²) in [5, 5.41) is 5.86. The standard InChI is InChI=1S/C8H5ClN2O4S/c9-4-1-2-6(16(13,14)15)8-7(4)5(12)3-10-11-8/h1-3H,(H,11,12)(H,13,14,15). The average Bonchev–Trinajstić information content (AvgIpc) is 2.16. The molecule has 0 amide bonds. The summed E-state index contributed by atoms with van der Waals surface area (Å²) in [5.41, 5.74) is -0.633. The molecule has 0 bridgehead atoms. The topological polar surface area (TPSA) is 100 Å². The Morgan fingerprint density at radius 3 is 2.69 bits per heavy atom. The lowest BCUT2D eigenvalue weighted by Gasteiger charge is -2.03. The van der Waals surface area contributed by atoms with Crippen molar-refractivity contribution in [3.8, 4) is 0 Å². The molecule has 0 atom stereocenters. The van der Waals surface area contributed by atoms with Gasteiger partial charge in [0, 0.05) is 0 Å². The lowest BCUT2D eigenvalue weighted by Crippen LogP contribution is -2.08. The lowest BCUT2D eigenvalue weighted by atomic mass is 10.2. The SMILES string of the molecule is O=c1cn[nH]c2c(S(=O)(=O)O)ccc(Cl)c12. The second-order valence-corrected chi connectivity index (χ2v) is 4.80. The van der Waals surface area contributed by atoms with Crippen LogP contribution in [0.2, 0.25) is 5.02 Å². The maximum absolute atomic E-state index is 11.4. The number of H-pyrrole nitrogens is 1. The quantitative estimate of drug-likeness (QED) is 0.740. The van der Waals surface area contributed by atoms with Gasteiger partial charge in [0.1, 0.15) is 4.90 Å². The molecule has 0 fully saturated rings. The number of hydrogen-bond donors (Lipinski definition) is 2. The fourth-order valence-corrected chi connectivity index (χ4v) is 2.24. The van der Waals surface area contributed by atoms with Crippen molar-refractivity contribution >= 4 is 32.6 Å². The molecule has 84 valence electrons. The van der Waals surface area contributed by atoms with Crippen LogP contribution in [0.25, 0.3) is 10.9 Å². The van der Waals surface area contributed by atoms with E-state index in [2.05, 4.69) is 10.2 Å². The number of halogens is 1. The Labute approximate surface area is 94.6 Å². The fourth-order valence-electron chi connectivity index (χ4n) is 1.34. The zero-order chi connectivity index (χ0) is 11.9. The van der Waals surface area contributed by atoms with Crippen LogP contribution in [0.5, 0.6) is 0 Å². The number of benzene rings is 1. The molecule has 1 heterocycles. The molecule has 6 nitrogen and oxygen atoms in total. The Balaban J connectivity index is 3.08. The first-order chi connectivity index (χ1) is 7.41. The molecular weight excluding hydrogens is 256 g/mol. The van der Waals surface area contributed by atoms with Crippen LogP contribution in [0.15, 0.2) is 28.0 Å². The molecule has 0 unspecified atom stereocenters. The predicted molar refractivity (Wildman–Crippen MR) is 57.2 cm³/mol. The fraction of sp³-hybridized carbons (Fsp3) is 0. The van der Waals surface area contributed by atoms with Crippen LogP contribution in [0.3, 0.4) is 0 Å². The maximum Gasteiger partial charge on any atom is 0.296 e. The van der Waals surface area contributed by atoms with Gasteiger partial charge >= 0.3 is 0 Å². The number of hydrogen-bond acceptors (Lipinski definition) is 4. The summed E-state index contributed by atoms with van der Waals surface area (Å²) in [6.45, 7) is 0. The Morgan fingerprint density at radius 2 is 2.06 bits per heavy atom. The molecule has 2 aromatic rings. The van der Waals surface area contributed by atoms with Crippen molar-refractivity contribution in [1.82, 2.24) is 10.2 Å². The normalized spacial score (nSPS) is 11.9. The minimum Gasteiger partial charge on any atom is -0.287 e. The predicted octanol–water partition coefficient (Wildman–Crippen LogP) is 0.823. The summed E-state index contributed by atoms with van der Waals surface area (Å²) >= 11 is 5.76. The third-order valence-corrected chi connectivity index (χ3v) is 3.21. The highest BCUT2D eigenvalue weighted by molar-refractivity contribution is 7.86. The summed E-state index contributed by atoms with van der Waals surface area (Å²) < 4.78 is 31.0. The first-order valence-corrected chi connectivity index (χ1v) is 5.86. The molecule has 2 N–H and O–H groups in total. The summed E-state index contributed by atoms with van der Waals surface area (Å²) in [6.07, 6.45) is 0.974. The second kappa shape index (κ2) is 3.55. The van der Waals surface area contributed by atoms with Gasteiger partial charge in [0.05, 0.1) is 22.1 Å². The zero-order valence-electron chi connectivity index (χ0n) is 7.64. The van der Waals surface area contributed by atoms with Gasteiger partial charge in [-0.3, -0.25) is 14.4 Å². The molecular formula is C8H5ClN2O4S. The van der Waals surface area contributed by atoms with Crippen LogP contribution in [-0.2, 0) is 10.1 Å². The van der Waals surface area contributed by atoms with E-state index in [0.29, 0.717) is 0 Å². The van der Waals surface area contributed by atoms with Crippen LogP contribution in [-0.4, -0.2) is 23.2 Å². The van der Waals surface area contributed by atoms with Crippen LogP contribution in [0.4, 0.5) is 0 Å². The number of nitrogens with zero attached hydrogens (tertiary/aromatic N) is 1. The van der Waals surface area contributed by atoms with E-state index in [9.17, 15) is 13.2 Å². The Hall–Kier alpha value is -1.44. The molecule has 2 rings (SSSR count). The number of rotatable bonds is 1. The summed E-state index contributed by atoms with van der Waals surface area (Å²) in [5.74, 6) is 0. The summed E-state index contributed by atoms with van der Waals surface area (Å²) in [4.78, 5) is 11.0. The second-order valence-electron chi connectivity index (χ2n) is 3.00. The van der Waals surface area contributed by atoms with Crippen molar-refractivity contribution in [3.05, 3.63) is 33.6 Å². The molecule has 1 aromatic heterocycles. The van der Waals surface area contributed by atoms with E-state index >= 15 is 0 Å². The number of nitrogens with one attached hydrogen (secondary N) is 1. The molecule has 16 heavy (non-hydrogen) atoms. The summed E-state index contributed by atoms with van der Waals surface area (Å²) in [6, 6.07) is 2.32. The van der Waals surface area contributed by atoms with Gasteiger partial charge in [-0.15, -0.1) is 0 Å². The molecule has 0 saturated heterocycles. The number of aromatic nitrogens is 2. The van der Waals surface area contributed by atoms with Gasteiger partial charge in [0.15, 0.2) is 0 Å². The molecule has 0 aliphatic carbocycles. The van der Waals surface area contributed by atoms with Gasteiger partial charge in [0.25, 0.3) is 10.1 Å². The Morgan fingerprint density at radius 1 is 1.38 bits per heavy atom. The minimum atomic E-state index is -4.43. The van der Waals surface area contributed by atoms with E-state index in [4.69, 9.17) is 16.2 Å². The third kappa shape index (κ3) is 1.69. The van der Waals surface area contributed by atoms with Gasteiger partial charge in [0.2, 0.25) is 5.43 Å². The highest BCUT2D eigenvalue weighted by Crippen LogP contribution is 2.24. The van der Waals surface area contributed by atoms with Crippen LogP contribution in [0, 0.1) is 0 Å². The minimum absolute atomic E-state index is 0.0215. The van der Waals surface area contributed by atoms with Gasteiger partial charge in [-0.05, 0) is 12.1 Å². The summed E-state index contributed by atoms with van der Waals surface area (Å²) in [7, 11) is -4.43. The number of aromatic amines is 1. The van der Waals surface area contributed by atoms with Crippen LogP contribution < -0.4 is 5.43 Å². The van der Waals surface area contributed by atoms with Crippen molar-refractivity contribution in [1.29, 1.82) is 0 Å². The third-order valence-electron chi connectivity index (χ3n) is 2.00. The van der Waals surface area contributed by atoms with Crippen LogP contribution >= 0.6 is 11.6 Å². The van der Waals surface area contributed by atoms with Crippen molar-refractivity contribution in [2.24, 2.45) is 0 Å². The average molecular weight is 261 g/mol. The van der Waals surface area contributed by atoms with E-state index in [1.807, 2.05) is 0 Å². The highest BCUT2D eigenvalue weighted by atomic mass is 35.5. The number of fused-ring (bicyclic) bond motifs is 1.